The lowest BCUT2D eigenvalue weighted by Gasteiger charge is -2.15. The molecule has 0 atom stereocenters. The molecule has 0 bridgehead atoms. The Morgan fingerprint density at radius 2 is 2.24 bits per heavy atom. The molecule has 0 spiro atoms. The van der Waals surface area contributed by atoms with Crippen LogP contribution in [-0.2, 0) is 13.1 Å². The number of hydrogen-bond donors (Lipinski definition) is 0. The number of aromatic nitrogens is 2. The third-order valence-electron chi connectivity index (χ3n) is 2.38. The quantitative estimate of drug-likeness (QED) is 0.797. The van der Waals surface area contributed by atoms with E-state index in [1.807, 2.05) is 19.1 Å². The van der Waals surface area contributed by atoms with E-state index in [1.165, 1.54) is 0 Å². The van der Waals surface area contributed by atoms with Gasteiger partial charge in [0.15, 0.2) is 0 Å². The van der Waals surface area contributed by atoms with Crippen molar-refractivity contribution >= 4 is 22.9 Å². The van der Waals surface area contributed by atoms with Gasteiger partial charge in [0.05, 0.1) is 10.7 Å². The molecule has 90 valence electrons. The first kappa shape index (κ1) is 12.5. The molecule has 3 nitrogen and oxygen atoms in total. The number of hydrogen-bond acceptors (Lipinski definition) is 4. The second kappa shape index (κ2) is 5.58. The summed E-state index contributed by atoms with van der Waals surface area (Å²) in [6.45, 7) is 3.63. The van der Waals surface area contributed by atoms with Crippen LogP contribution in [0.5, 0.6) is 0 Å². The average molecular weight is 268 g/mol. The fourth-order valence-corrected chi connectivity index (χ4v) is 2.42. The monoisotopic (exact) mass is 267 g/mol. The maximum Gasteiger partial charge on any atom is 0.133 e. The molecule has 2 aromatic rings. The molecule has 0 N–H and O–H groups in total. The lowest BCUT2D eigenvalue weighted by atomic mass is 10.2. The largest absolute Gasteiger partial charge is 0.296 e. The first-order valence-corrected chi connectivity index (χ1v) is 6.60. The summed E-state index contributed by atoms with van der Waals surface area (Å²) in [5.41, 5.74) is 2.15. The van der Waals surface area contributed by atoms with Gasteiger partial charge in [0.25, 0.3) is 0 Å². The summed E-state index contributed by atoms with van der Waals surface area (Å²) in [6, 6.07) is 3.90. The second-order valence-electron chi connectivity index (χ2n) is 3.98. The Balaban J connectivity index is 1.98. The molecule has 0 fully saturated rings. The van der Waals surface area contributed by atoms with Crippen molar-refractivity contribution in [1.29, 1.82) is 0 Å². The predicted octanol–water partition coefficient (Wildman–Crippen LogP) is 3.13. The smallest absolute Gasteiger partial charge is 0.133 e. The lowest BCUT2D eigenvalue weighted by Crippen LogP contribution is -2.17. The summed E-state index contributed by atoms with van der Waals surface area (Å²) >= 11 is 7.70. The maximum atomic E-state index is 6.02. The molecule has 2 heterocycles. The van der Waals surface area contributed by atoms with Crippen molar-refractivity contribution in [1.82, 2.24) is 14.9 Å². The highest BCUT2D eigenvalue weighted by molar-refractivity contribution is 7.09. The molecule has 0 saturated heterocycles. The van der Waals surface area contributed by atoms with Crippen molar-refractivity contribution in [2.24, 2.45) is 0 Å². The van der Waals surface area contributed by atoms with E-state index >= 15 is 0 Å². The Kier molecular flexibility index (Phi) is 4.10. The summed E-state index contributed by atoms with van der Waals surface area (Å²) in [4.78, 5) is 10.7. The fraction of sp³-hybridized carbons (Fsp3) is 0.333. The van der Waals surface area contributed by atoms with Crippen molar-refractivity contribution in [2.75, 3.05) is 7.05 Å². The van der Waals surface area contributed by atoms with Crippen LogP contribution in [0.1, 0.15) is 16.3 Å². The van der Waals surface area contributed by atoms with Gasteiger partial charge in [-0.1, -0.05) is 17.7 Å². The summed E-state index contributed by atoms with van der Waals surface area (Å²) in [7, 11) is 2.05. The van der Waals surface area contributed by atoms with Crippen LogP contribution in [0.4, 0.5) is 0 Å². The van der Waals surface area contributed by atoms with Crippen molar-refractivity contribution in [3.63, 3.8) is 0 Å². The van der Waals surface area contributed by atoms with Gasteiger partial charge in [-0.2, -0.15) is 0 Å². The van der Waals surface area contributed by atoms with Crippen molar-refractivity contribution < 1.29 is 0 Å². The Bertz CT molecular complexity index is 498. The number of nitrogens with zero attached hydrogens (tertiary/aromatic N) is 3. The van der Waals surface area contributed by atoms with Crippen molar-refractivity contribution in [3.05, 3.63) is 45.1 Å². The van der Waals surface area contributed by atoms with Gasteiger partial charge in [-0.25, -0.2) is 9.97 Å². The van der Waals surface area contributed by atoms with E-state index < -0.39 is 0 Å². The Labute approximate surface area is 110 Å². The lowest BCUT2D eigenvalue weighted by molar-refractivity contribution is 0.315. The molecular weight excluding hydrogens is 254 g/mol. The van der Waals surface area contributed by atoms with Gasteiger partial charge in [-0.15, -0.1) is 11.3 Å². The highest BCUT2D eigenvalue weighted by Crippen LogP contribution is 2.15. The maximum absolute atomic E-state index is 6.02. The summed E-state index contributed by atoms with van der Waals surface area (Å²) in [5, 5.41) is 3.78. The average Bonchev–Trinajstić information content (AvgIpc) is 2.67. The molecule has 17 heavy (non-hydrogen) atoms. The van der Waals surface area contributed by atoms with Crippen LogP contribution in [0.2, 0.25) is 5.15 Å². The Morgan fingerprint density at radius 3 is 2.88 bits per heavy atom. The standard InChI is InChI=1S/C12H14ClN3S/c1-9-15-11(8-17-9)7-16(2)6-10-4-3-5-14-12(10)13/h3-5,8H,6-7H2,1-2H3. The number of aryl methyl sites for hydroxylation is 1. The van der Waals surface area contributed by atoms with Gasteiger partial charge < -0.3 is 0 Å². The van der Waals surface area contributed by atoms with Crippen LogP contribution < -0.4 is 0 Å². The molecule has 2 rings (SSSR count). The van der Waals surface area contributed by atoms with E-state index in [4.69, 9.17) is 11.6 Å². The van der Waals surface area contributed by atoms with Gasteiger partial charge >= 0.3 is 0 Å². The molecular formula is C12H14ClN3S. The molecule has 0 aliphatic carbocycles. The third kappa shape index (κ3) is 3.49. The highest BCUT2D eigenvalue weighted by Gasteiger charge is 2.07. The molecule has 2 aromatic heterocycles. The van der Waals surface area contributed by atoms with Gasteiger partial charge in [-0.05, 0) is 20.0 Å². The van der Waals surface area contributed by atoms with Crippen molar-refractivity contribution in [2.45, 2.75) is 20.0 Å². The predicted molar refractivity (Wildman–Crippen MR) is 71.3 cm³/mol. The van der Waals surface area contributed by atoms with Gasteiger partial charge in [0.2, 0.25) is 0 Å². The van der Waals surface area contributed by atoms with Crippen LogP contribution in [-0.4, -0.2) is 21.9 Å². The van der Waals surface area contributed by atoms with Crippen LogP contribution in [0.25, 0.3) is 0 Å². The molecule has 0 aliphatic rings. The van der Waals surface area contributed by atoms with Crippen LogP contribution >= 0.6 is 22.9 Å². The summed E-state index contributed by atoms with van der Waals surface area (Å²) in [5.74, 6) is 0. The van der Waals surface area contributed by atoms with Crippen LogP contribution in [0, 0.1) is 6.92 Å². The first-order valence-electron chi connectivity index (χ1n) is 5.34. The van der Waals surface area contributed by atoms with E-state index in [1.54, 1.807) is 17.5 Å². The van der Waals surface area contributed by atoms with E-state index in [-0.39, 0.29) is 0 Å². The van der Waals surface area contributed by atoms with E-state index in [2.05, 4.69) is 27.3 Å². The third-order valence-corrected chi connectivity index (χ3v) is 3.54. The normalized spacial score (nSPS) is 11.1. The summed E-state index contributed by atoms with van der Waals surface area (Å²) in [6.07, 6.45) is 1.70. The molecule has 0 aliphatic heterocycles. The van der Waals surface area contributed by atoms with Crippen molar-refractivity contribution in [3.8, 4) is 0 Å². The zero-order valence-electron chi connectivity index (χ0n) is 9.85. The molecule has 0 radical (unpaired) electrons. The van der Waals surface area contributed by atoms with Gasteiger partial charge in [0.1, 0.15) is 5.15 Å². The van der Waals surface area contributed by atoms with Crippen LogP contribution in [0.3, 0.4) is 0 Å². The number of halogens is 1. The molecule has 0 aromatic carbocycles. The topological polar surface area (TPSA) is 29.0 Å². The molecule has 0 saturated carbocycles. The molecule has 5 heteroatoms. The van der Waals surface area contributed by atoms with Gasteiger partial charge in [0, 0.05) is 30.2 Å². The Morgan fingerprint density at radius 1 is 1.41 bits per heavy atom. The minimum Gasteiger partial charge on any atom is -0.296 e. The second-order valence-corrected chi connectivity index (χ2v) is 5.40. The minimum absolute atomic E-state index is 0.578. The number of pyridine rings is 1. The van der Waals surface area contributed by atoms with E-state index in [0.29, 0.717) is 5.15 Å². The van der Waals surface area contributed by atoms with Crippen LogP contribution in [0.15, 0.2) is 23.7 Å². The zero-order chi connectivity index (χ0) is 12.3. The highest BCUT2D eigenvalue weighted by atomic mass is 35.5. The number of thiazole rings is 1. The summed E-state index contributed by atoms with van der Waals surface area (Å²) < 4.78 is 0. The van der Waals surface area contributed by atoms with Gasteiger partial charge in [-0.3, -0.25) is 4.90 Å². The minimum atomic E-state index is 0.578. The molecule has 0 amide bonds. The van der Waals surface area contributed by atoms with E-state index in [9.17, 15) is 0 Å². The zero-order valence-corrected chi connectivity index (χ0v) is 11.4. The first-order chi connectivity index (χ1) is 8.15. The van der Waals surface area contributed by atoms with E-state index in [0.717, 1.165) is 29.4 Å². The molecule has 0 unspecified atom stereocenters. The fourth-order valence-electron chi connectivity index (χ4n) is 1.64. The SMILES string of the molecule is Cc1nc(CN(C)Cc2cccnc2Cl)cs1. The Hall–Kier alpha value is -0.970. The number of rotatable bonds is 4.